The first kappa shape index (κ1) is 15.7. The first-order chi connectivity index (χ1) is 8.16. The monoisotopic (exact) mass is 276 g/mol. The van der Waals surface area contributed by atoms with Gasteiger partial charge in [-0.25, -0.2) is 0 Å². The van der Waals surface area contributed by atoms with E-state index in [9.17, 15) is 4.79 Å². The summed E-state index contributed by atoms with van der Waals surface area (Å²) in [5.74, 6) is 1.10. The van der Waals surface area contributed by atoms with Gasteiger partial charge in [0.15, 0.2) is 0 Å². The van der Waals surface area contributed by atoms with Gasteiger partial charge >= 0.3 is 0 Å². The number of ether oxygens (including phenoxy) is 1. The molecule has 5 heteroatoms. The zero-order valence-corrected chi connectivity index (χ0v) is 12.2. The van der Waals surface area contributed by atoms with E-state index < -0.39 is 0 Å². The topological polar surface area (TPSA) is 41.6 Å². The maximum atomic E-state index is 12.2. The lowest BCUT2D eigenvalue weighted by Crippen LogP contribution is -2.36. The predicted octanol–water partition coefficient (Wildman–Crippen LogP) is 1.29. The number of nitrogens with one attached hydrogen (secondary N) is 1. The Labute approximate surface area is 116 Å². The highest BCUT2D eigenvalue weighted by Gasteiger charge is 2.32. The molecule has 0 aromatic heterocycles. The average Bonchev–Trinajstić information content (AvgIpc) is 2.97. The van der Waals surface area contributed by atoms with Crippen LogP contribution in [0.25, 0.3) is 0 Å². The van der Waals surface area contributed by atoms with Crippen LogP contribution < -0.4 is 5.32 Å². The fourth-order valence-corrected chi connectivity index (χ4v) is 2.52. The van der Waals surface area contributed by atoms with E-state index in [1.807, 2.05) is 4.90 Å². The summed E-state index contributed by atoms with van der Waals surface area (Å²) in [5.41, 5.74) is 0. The number of carbonyl (C=O) groups is 1. The molecular weight excluding hydrogens is 252 g/mol. The number of hydrogen-bond acceptors (Lipinski definition) is 3. The molecule has 18 heavy (non-hydrogen) atoms. The van der Waals surface area contributed by atoms with Crippen LogP contribution in [0.15, 0.2) is 0 Å². The highest BCUT2D eigenvalue weighted by molar-refractivity contribution is 5.85. The van der Waals surface area contributed by atoms with Crippen molar-refractivity contribution in [2.45, 2.75) is 32.8 Å². The van der Waals surface area contributed by atoms with Crippen molar-refractivity contribution in [3.63, 3.8) is 0 Å². The Kier molecular flexibility index (Phi) is 6.39. The number of rotatable bonds is 4. The van der Waals surface area contributed by atoms with E-state index in [2.05, 4.69) is 19.2 Å². The molecular formula is C13H25ClN2O2. The van der Waals surface area contributed by atoms with Crippen LogP contribution in [-0.2, 0) is 9.53 Å². The molecule has 2 atom stereocenters. The van der Waals surface area contributed by atoms with Crippen LogP contribution in [0.4, 0.5) is 0 Å². The van der Waals surface area contributed by atoms with Gasteiger partial charge in [0.1, 0.15) is 0 Å². The van der Waals surface area contributed by atoms with E-state index in [1.54, 1.807) is 0 Å². The van der Waals surface area contributed by atoms with Crippen LogP contribution in [-0.4, -0.2) is 49.7 Å². The summed E-state index contributed by atoms with van der Waals surface area (Å²) < 4.78 is 5.80. The third-order valence-electron chi connectivity index (χ3n) is 3.53. The zero-order valence-electron chi connectivity index (χ0n) is 11.4. The first-order valence-electron chi connectivity index (χ1n) is 6.78. The fraction of sp³-hybridized carbons (Fsp3) is 0.923. The van der Waals surface area contributed by atoms with Crippen LogP contribution in [0.5, 0.6) is 0 Å². The molecule has 2 heterocycles. The van der Waals surface area contributed by atoms with Crippen molar-refractivity contribution in [1.82, 2.24) is 10.2 Å². The quantitative estimate of drug-likeness (QED) is 0.841. The Bertz CT molecular complexity index is 268. The average molecular weight is 277 g/mol. The third kappa shape index (κ3) is 4.11. The summed E-state index contributed by atoms with van der Waals surface area (Å²) in [6.45, 7) is 8.62. The van der Waals surface area contributed by atoms with E-state index in [1.165, 1.54) is 0 Å². The molecule has 0 bridgehead atoms. The van der Waals surface area contributed by atoms with Crippen molar-refractivity contribution in [3.05, 3.63) is 0 Å². The molecule has 106 valence electrons. The van der Waals surface area contributed by atoms with Crippen LogP contribution in [0.3, 0.4) is 0 Å². The molecule has 2 rings (SSSR count). The molecule has 1 amide bonds. The molecule has 0 radical (unpaired) electrons. The van der Waals surface area contributed by atoms with E-state index in [4.69, 9.17) is 4.74 Å². The van der Waals surface area contributed by atoms with E-state index in [-0.39, 0.29) is 24.4 Å². The summed E-state index contributed by atoms with van der Waals surface area (Å²) in [4.78, 5) is 14.2. The highest BCUT2D eigenvalue weighted by atomic mass is 35.5. The van der Waals surface area contributed by atoms with Gasteiger partial charge in [0.05, 0.1) is 12.0 Å². The Balaban J connectivity index is 0.00000162. The SMILES string of the molecule is CC(C)COC1CCN(C(=O)C2CCNC2)C1.Cl. The van der Waals surface area contributed by atoms with Gasteiger partial charge in [-0.2, -0.15) is 0 Å². The maximum absolute atomic E-state index is 12.2. The second kappa shape index (κ2) is 7.31. The number of hydrogen-bond donors (Lipinski definition) is 1. The molecule has 0 aliphatic carbocycles. The second-order valence-corrected chi connectivity index (χ2v) is 5.61. The van der Waals surface area contributed by atoms with Crippen LogP contribution in [0.1, 0.15) is 26.7 Å². The molecule has 2 aliphatic rings. The first-order valence-corrected chi connectivity index (χ1v) is 6.78. The molecule has 2 aliphatic heterocycles. The minimum absolute atomic E-state index is 0. The van der Waals surface area contributed by atoms with E-state index >= 15 is 0 Å². The number of halogens is 1. The van der Waals surface area contributed by atoms with Gasteiger partial charge in [0, 0.05) is 26.2 Å². The van der Waals surface area contributed by atoms with Crippen LogP contribution in [0.2, 0.25) is 0 Å². The van der Waals surface area contributed by atoms with E-state index in [0.29, 0.717) is 11.8 Å². The zero-order chi connectivity index (χ0) is 12.3. The molecule has 0 spiro atoms. The summed E-state index contributed by atoms with van der Waals surface area (Å²) >= 11 is 0. The molecule has 0 aromatic rings. The van der Waals surface area contributed by atoms with Gasteiger partial charge in [-0.3, -0.25) is 4.79 Å². The van der Waals surface area contributed by atoms with Gasteiger partial charge in [-0.15, -0.1) is 12.4 Å². The minimum Gasteiger partial charge on any atom is -0.376 e. The fourth-order valence-electron chi connectivity index (χ4n) is 2.52. The number of carbonyl (C=O) groups excluding carboxylic acids is 1. The summed E-state index contributed by atoms with van der Waals surface area (Å²) in [7, 11) is 0. The lowest BCUT2D eigenvalue weighted by atomic mass is 10.1. The van der Waals surface area contributed by atoms with Crippen molar-refractivity contribution >= 4 is 18.3 Å². The van der Waals surface area contributed by atoms with Gasteiger partial charge in [0.25, 0.3) is 0 Å². The smallest absolute Gasteiger partial charge is 0.227 e. The molecule has 1 N–H and O–H groups in total. The van der Waals surface area contributed by atoms with Crippen molar-refractivity contribution in [2.75, 3.05) is 32.8 Å². The molecule has 2 unspecified atom stereocenters. The van der Waals surface area contributed by atoms with Crippen LogP contribution >= 0.6 is 12.4 Å². The highest BCUT2D eigenvalue weighted by Crippen LogP contribution is 2.19. The van der Waals surface area contributed by atoms with Crippen molar-refractivity contribution in [2.24, 2.45) is 11.8 Å². The lowest BCUT2D eigenvalue weighted by molar-refractivity contribution is -0.134. The molecule has 2 fully saturated rings. The molecule has 0 aromatic carbocycles. The Morgan fingerprint density at radius 1 is 1.44 bits per heavy atom. The van der Waals surface area contributed by atoms with E-state index in [0.717, 1.165) is 45.6 Å². The maximum Gasteiger partial charge on any atom is 0.227 e. The van der Waals surface area contributed by atoms with Gasteiger partial charge < -0.3 is 15.0 Å². The molecule has 2 saturated heterocycles. The summed E-state index contributed by atoms with van der Waals surface area (Å²) in [6.07, 6.45) is 2.25. The molecule has 4 nitrogen and oxygen atoms in total. The Morgan fingerprint density at radius 2 is 2.22 bits per heavy atom. The number of nitrogens with zero attached hydrogens (tertiary/aromatic N) is 1. The molecule has 0 saturated carbocycles. The predicted molar refractivity (Wildman–Crippen MR) is 74.0 cm³/mol. The number of amides is 1. The largest absolute Gasteiger partial charge is 0.376 e. The van der Waals surface area contributed by atoms with Crippen molar-refractivity contribution < 1.29 is 9.53 Å². The number of likely N-dealkylation sites (tertiary alicyclic amines) is 1. The van der Waals surface area contributed by atoms with Crippen LogP contribution in [0, 0.1) is 11.8 Å². The van der Waals surface area contributed by atoms with Gasteiger partial charge in [-0.05, 0) is 25.3 Å². The minimum atomic E-state index is 0. The Hall–Kier alpha value is -0.320. The Morgan fingerprint density at radius 3 is 2.83 bits per heavy atom. The van der Waals surface area contributed by atoms with Gasteiger partial charge in [-0.1, -0.05) is 13.8 Å². The second-order valence-electron chi connectivity index (χ2n) is 5.61. The summed E-state index contributed by atoms with van der Waals surface area (Å²) in [6, 6.07) is 0. The third-order valence-corrected chi connectivity index (χ3v) is 3.53. The standard InChI is InChI=1S/C13H24N2O2.ClH/c1-10(2)9-17-12-4-6-15(8-12)13(16)11-3-5-14-7-11;/h10-12,14H,3-9H2,1-2H3;1H. The normalized spacial score (nSPS) is 27.6. The van der Waals surface area contributed by atoms with Gasteiger partial charge in [0.2, 0.25) is 5.91 Å². The lowest BCUT2D eigenvalue weighted by Gasteiger charge is -2.20. The summed E-state index contributed by atoms with van der Waals surface area (Å²) in [5, 5.41) is 3.25. The van der Waals surface area contributed by atoms with Crippen molar-refractivity contribution in [3.8, 4) is 0 Å². The van der Waals surface area contributed by atoms with Crippen molar-refractivity contribution in [1.29, 1.82) is 0 Å².